The summed E-state index contributed by atoms with van der Waals surface area (Å²) < 4.78 is 7.11. The van der Waals surface area contributed by atoms with Crippen LogP contribution >= 0.6 is 0 Å². The Hall–Kier alpha value is -1.65. The van der Waals surface area contributed by atoms with Crippen LogP contribution in [0, 0.1) is 0 Å². The lowest BCUT2D eigenvalue weighted by molar-refractivity contribution is 0.199. The molecule has 0 saturated carbocycles. The maximum atomic E-state index is 4.99. The van der Waals surface area contributed by atoms with E-state index in [9.17, 15) is 0 Å². The van der Waals surface area contributed by atoms with E-state index in [0.29, 0.717) is 0 Å². The van der Waals surface area contributed by atoms with Gasteiger partial charge >= 0.3 is 0 Å². The fourth-order valence-electron chi connectivity index (χ4n) is 2.07. The first-order chi connectivity index (χ1) is 9.81. The molecular weight excluding hydrogens is 250 g/mol. The van der Waals surface area contributed by atoms with Crippen LogP contribution in [0.4, 0.5) is 0 Å². The Morgan fingerprint density at radius 3 is 2.65 bits per heavy atom. The first-order valence-electron chi connectivity index (χ1n) is 7.10. The summed E-state index contributed by atoms with van der Waals surface area (Å²) in [6, 6.07) is 8.77. The van der Waals surface area contributed by atoms with Gasteiger partial charge in [0.2, 0.25) is 0 Å². The number of hydrogen-bond donors (Lipinski definition) is 1. The van der Waals surface area contributed by atoms with Crippen molar-refractivity contribution in [3.63, 3.8) is 0 Å². The molecule has 1 aromatic heterocycles. The molecule has 1 N–H and O–H groups in total. The summed E-state index contributed by atoms with van der Waals surface area (Å²) >= 11 is 0. The monoisotopic (exact) mass is 273 g/mol. The first kappa shape index (κ1) is 14.8. The largest absolute Gasteiger partial charge is 0.383 e. The highest BCUT2D eigenvalue weighted by molar-refractivity contribution is 5.22. The molecule has 4 heteroatoms. The van der Waals surface area contributed by atoms with Crippen molar-refractivity contribution in [3.8, 4) is 0 Å². The minimum absolute atomic E-state index is 0.727. The number of nitrogens with zero attached hydrogens (tertiary/aromatic N) is 2. The second kappa shape index (κ2) is 7.82. The molecule has 2 aromatic rings. The number of rotatable bonds is 8. The third kappa shape index (κ3) is 4.47. The van der Waals surface area contributed by atoms with Gasteiger partial charge in [-0.1, -0.05) is 31.2 Å². The first-order valence-corrected chi connectivity index (χ1v) is 7.10. The fraction of sp³-hybridized carbons (Fsp3) is 0.438. The van der Waals surface area contributed by atoms with Crippen LogP contribution in [0.15, 0.2) is 36.8 Å². The third-order valence-corrected chi connectivity index (χ3v) is 3.27. The van der Waals surface area contributed by atoms with E-state index in [4.69, 9.17) is 4.74 Å². The van der Waals surface area contributed by atoms with Crippen LogP contribution in [0.3, 0.4) is 0 Å². The van der Waals surface area contributed by atoms with Gasteiger partial charge < -0.3 is 14.6 Å². The Bertz CT molecular complexity index is 505. The van der Waals surface area contributed by atoms with Crippen molar-refractivity contribution in [2.24, 2.45) is 0 Å². The van der Waals surface area contributed by atoms with Crippen LogP contribution in [-0.2, 0) is 24.2 Å². The van der Waals surface area contributed by atoms with E-state index in [1.165, 1.54) is 11.1 Å². The van der Waals surface area contributed by atoms with E-state index in [-0.39, 0.29) is 0 Å². The molecule has 0 aliphatic carbocycles. The van der Waals surface area contributed by atoms with E-state index in [0.717, 1.165) is 38.4 Å². The maximum absolute atomic E-state index is 4.99. The van der Waals surface area contributed by atoms with Crippen LogP contribution in [0.2, 0.25) is 0 Å². The number of aromatic nitrogens is 2. The molecular formula is C16H23N3O. The van der Waals surface area contributed by atoms with Gasteiger partial charge in [-0.05, 0) is 17.5 Å². The van der Waals surface area contributed by atoms with Gasteiger partial charge in [-0.25, -0.2) is 4.98 Å². The zero-order chi connectivity index (χ0) is 14.2. The summed E-state index contributed by atoms with van der Waals surface area (Å²) in [5, 5.41) is 3.29. The van der Waals surface area contributed by atoms with Crippen LogP contribution in [-0.4, -0.2) is 29.8 Å². The number of nitrogens with one attached hydrogen (secondary N) is 1. The third-order valence-electron chi connectivity index (χ3n) is 3.27. The summed E-state index contributed by atoms with van der Waals surface area (Å²) in [6.07, 6.45) is 5.07. The zero-order valence-electron chi connectivity index (χ0n) is 12.3. The molecule has 1 aromatic carbocycles. The lowest BCUT2D eigenvalue weighted by Crippen LogP contribution is -2.18. The Morgan fingerprint density at radius 1 is 1.20 bits per heavy atom. The minimum atomic E-state index is 0.727. The Balaban J connectivity index is 1.85. The number of imidazole rings is 1. The average molecular weight is 273 g/mol. The Kier molecular flexibility index (Phi) is 5.77. The average Bonchev–Trinajstić information content (AvgIpc) is 2.92. The summed E-state index contributed by atoms with van der Waals surface area (Å²) in [5.41, 5.74) is 3.74. The highest BCUT2D eigenvalue weighted by Gasteiger charge is 2.00. The molecule has 0 unspecified atom stereocenters. The number of benzene rings is 1. The molecule has 108 valence electrons. The van der Waals surface area contributed by atoms with E-state index in [2.05, 4.69) is 52.3 Å². The quantitative estimate of drug-likeness (QED) is 0.750. The molecule has 0 aliphatic rings. The van der Waals surface area contributed by atoms with Crippen LogP contribution in [0.1, 0.15) is 23.7 Å². The van der Waals surface area contributed by atoms with Gasteiger partial charge in [-0.3, -0.25) is 0 Å². The van der Waals surface area contributed by atoms with E-state index in [1.54, 1.807) is 7.11 Å². The molecule has 0 aliphatic heterocycles. The standard InChI is InChI=1S/C16H23N3O/c1-3-14-4-6-15(7-5-14)11-19-12-16(18-13-19)10-17-8-9-20-2/h4-7,12-13,17H,3,8-11H2,1-2H3. The fourth-order valence-corrected chi connectivity index (χ4v) is 2.07. The number of methoxy groups -OCH3 is 1. The predicted octanol–water partition coefficient (Wildman–Crippen LogP) is 2.23. The normalized spacial score (nSPS) is 10.9. The van der Waals surface area contributed by atoms with Gasteiger partial charge in [-0.2, -0.15) is 0 Å². The van der Waals surface area contributed by atoms with Crippen molar-refractivity contribution in [2.75, 3.05) is 20.3 Å². The van der Waals surface area contributed by atoms with Crippen molar-refractivity contribution in [1.82, 2.24) is 14.9 Å². The molecule has 20 heavy (non-hydrogen) atoms. The van der Waals surface area contributed by atoms with Crippen LogP contribution in [0.5, 0.6) is 0 Å². The number of ether oxygens (including phenoxy) is 1. The van der Waals surface area contributed by atoms with Crippen LogP contribution < -0.4 is 5.32 Å². The molecule has 0 radical (unpaired) electrons. The van der Waals surface area contributed by atoms with Gasteiger partial charge in [0.25, 0.3) is 0 Å². The smallest absolute Gasteiger partial charge is 0.0953 e. The molecule has 0 spiro atoms. The molecule has 1 heterocycles. The predicted molar refractivity (Wildman–Crippen MR) is 80.7 cm³/mol. The zero-order valence-corrected chi connectivity index (χ0v) is 12.3. The highest BCUT2D eigenvalue weighted by atomic mass is 16.5. The highest BCUT2D eigenvalue weighted by Crippen LogP contribution is 2.07. The van der Waals surface area contributed by atoms with Gasteiger partial charge in [-0.15, -0.1) is 0 Å². The van der Waals surface area contributed by atoms with E-state index >= 15 is 0 Å². The number of aryl methyl sites for hydroxylation is 1. The molecule has 0 atom stereocenters. The van der Waals surface area contributed by atoms with Crippen molar-refractivity contribution >= 4 is 0 Å². The van der Waals surface area contributed by atoms with Gasteiger partial charge in [0.05, 0.1) is 18.6 Å². The molecule has 2 rings (SSSR count). The summed E-state index contributed by atoms with van der Waals surface area (Å²) in [4.78, 5) is 4.40. The molecule has 0 fully saturated rings. The molecule has 4 nitrogen and oxygen atoms in total. The van der Waals surface area contributed by atoms with Crippen molar-refractivity contribution < 1.29 is 4.74 Å². The second-order valence-corrected chi connectivity index (χ2v) is 4.88. The van der Waals surface area contributed by atoms with Crippen molar-refractivity contribution in [1.29, 1.82) is 0 Å². The van der Waals surface area contributed by atoms with E-state index in [1.807, 2.05) is 6.33 Å². The van der Waals surface area contributed by atoms with Crippen molar-refractivity contribution in [2.45, 2.75) is 26.4 Å². The number of hydrogen-bond acceptors (Lipinski definition) is 3. The van der Waals surface area contributed by atoms with Crippen molar-refractivity contribution in [3.05, 3.63) is 53.6 Å². The van der Waals surface area contributed by atoms with E-state index < -0.39 is 0 Å². The van der Waals surface area contributed by atoms with Gasteiger partial charge in [0.1, 0.15) is 0 Å². The van der Waals surface area contributed by atoms with Gasteiger partial charge in [0.15, 0.2) is 0 Å². The lowest BCUT2D eigenvalue weighted by Gasteiger charge is -2.04. The Morgan fingerprint density at radius 2 is 1.95 bits per heavy atom. The van der Waals surface area contributed by atoms with Crippen LogP contribution in [0.25, 0.3) is 0 Å². The molecule has 0 amide bonds. The maximum Gasteiger partial charge on any atom is 0.0953 e. The SMILES string of the molecule is CCc1ccc(Cn2cnc(CNCCOC)c2)cc1. The van der Waals surface area contributed by atoms with Gasteiger partial charge in [0, 0.05) is 32.9 Å². The summed E-state index contributed by atoms with van der Waals surface area (Å²) in [5.74, 6) is 0. The topological polar surface area (TPSA) is 39.1 Å². The molecule has 0 bridgehead atoms. The lowest BCUT2D eigenvalue weighted by atomic mass is 10.1. The summed E-state index contributed by atoms with van der Waals surface area (Å²) in [7, 11) is 1.71. The molecule has 0 saturated heterocycles. The Labute approximate surface area is 120 Å². The second-order valence-electron chi connectivity index (χ2n) is 4.88. The minimum Gasteiger partial charge on any atom is -0.383 e. The summed E-state index contributed by atoms with van der Waals surface area (Å²) in [6.45, 7) is 5.40.